The second-order valence-corrected chi connectivity index (χ2v) is 35.5. The van der Waals surface area contributed by atoms with Gasteiger partial charge in [0.25, 0.3) is 0 Å². The Kier molecular flexibility index (Phi) is 25.5. The van der Waals surface area contributed by atoms with Crippen LogP contribution in [0.25, 0.3) is 0 Å². The predicted octanol–water partition coefficient (Wildman–Crippen LogP) is 0.311. The van der Waals surface area contributed by atoms with Crippen molar-refractivity contribution in [1.29, 1.82) is 0 Å². The maximum absolute atomic E-state index is 2.89. The fourth-order valence-corrected chi connectivity index (χ4v) is 16.1. The normalized spacial score (nSPS) is 9.63. The molecule has 8 aromatic rings. The van der Waals surface area contributed by atoms with E-state index in [1.807, 2.05) is 60.7 Å². The molecule has 0 atom stereocenters. The van der Waals surface area contributed by atoms with E-state index in [2.05, 4.69) is 233 Å². The van der Waals surface area contributed by atoms with E-state index in [0.29, 0.717) is 0 Å². The molecule has 54 heavy (non-hydrogen) atoms. The monoisotopic (exact) mass is 1240 g/mol. The Bertz CT molecular complexity index is 1610. The van der Waals surface area contributed by atoms with E-state index in [1.165, 1.54) is 26.1 Å². The summed E-state index contributed by atoms with van der Waals surface area (Å²) >= 11 is 0.986. The van der Waals surface area contributed by atoms with Crippen molar-refractivity contribution in [2.45, 2.75) is 0 Å². The van der Waals surface area contributed by atoms with Gasteiger partial charge in [0.05, 0.1) is 0 Å². The summed E-state index contributed by atoms with van der Waals surface area (Å²) in [6.45, 7) is 0. The molecular formula is C48H44As2I2Pd2. The van der Waals surface area contributed by atoms with Crippen LogP contribution in [-0.2, 0) is 31.2 Å². The van der Waals surface area contributed by atoms with Crippen LogP contribution in [-0.4, -0.2) is 29.3 Å². The van der Waals surface area contributed by atoms with Gasteiger partial charge in [0.15, 0.2) is 0 Å². The number of hydrogen-bond acceptors (Lipinski definition) is 0. The molecule has 0 nitrogen and oxygen atoms in total. The van der Waals surface area contributed by atoms with E-state index < -0.39 is 29.3 Å². The van der Waals surface area contributed by atoms with Crippen LogP contribution < -0.4 is 65.1 Å². The molecule has 2 radical (unpaired) electrons. The van der Waals surface area contributed by atoms with Gasteiger partial charge in [-0.15, -0.1) is 0 Å². The van der Waals surface area contributed by atoms with Crippen LogP contribution in [0.1, 0.15) is 0 Å². The van der Waals surface area contributed by atoms with Crippen molar-refractivity contribution in [1.82, 2.24) is 0 Å². The summed E-state index contributed by atoms with van der Waals surface area (Å²) in [5, 5.41) is 0. The average molecular weight is 1240 g/mol. The molecule has 0 bridgehead atoms. The summed E-state index contributed by atoms with van der Waals surface area (Å²) in [5.74, 6) is 0. The van der Waals surface area contributed by atoms with Crippen LogP contribution in [0.4, 0.5) is 0 Å². The van der Waals surface area contributed by atoms with Crippen molar-refractivity contribution >= 4 is 55.4 Å². The Morgan fingerprint density at radius 3 is 0.537 bits per heavy atom. The fraction of sp³-hybridized carbons (Fsp3) is 0. The third-order valence-electron chi connectivity index (χ3n) is 7.59. The molecule has 8 rings (SSSR count). The molecule has 0 aliphatic carbocycles. The van der Waals surface area contributed by atoms with Crippen molar-refractivity contribution in [3.8, 4) is 0 Å². The van der Waals surface area contributed by atoms with Gasteiger partial charge >= 0.3 is 287 Å². The molecule has 0 amide bonds. The van der Waals surface area contributed by atoms with Crippen LogP contribution in [0.15, 0.2) is 243 Å². The fourth-order valence-electron chi connectivity index (χ4n) is 5.31. The summed E-state index contributed by atoms with van der Waals surface area (Å²) in [4.78, 5) is 0. The van der Waals surface area contributed by atoms with E-state index in [9.17, 15) is 0 Å². The standard InChI is InChI=1S/2C18H16As.2C6H5.2HI.2Pd/c2*1-4-10-16(11-5-1)19(17-12-6-2-7-13-17)18-14-8-3-9-15-18;2*1-2-4-6-5-3-1;;;;/h2*1-15,19H;2*1-5H;2*1H;;/q;;2*-1;;;;+2. The van der Waals surface area contributed by atoms with Crippen molar-refractivity contribution < 1.29 is 70.2 Å². The topological polar surface area (TPSA) is 0 Å². The second-order valence-electron chi connectivity index (χ2n) is 11.2. The van der Waals surface area contributed by atoms with Crippen LogP contribution in [0.5, 0.6) is 0 Å². The number of rotatable bonds is 6. The van der Waals surface area contributed by atoms with Crippen molar-refractivity contribution in [2.75, 3.05) is 0 Å². The molecule has 0 saturated carbocycles. The molecule has 0 N–H and O–H groups in total. The van der Waals surface area contributed by atoms with E-state index in [4.69, 9.17) is 0 Å². The van der Waals surface area contributed by atoms with Gasteiger partial charge in [-0.2, -0.15) is 72.8 Å². The van der Waals surface area contributed by atoms with Crippen LogP contribution >= 0.6 is 0 Å². The van der Waals surface area contributed by atoms with E-state index in [1.54, 1.807) is 0 Å². The van der Waals surface area contributed by atoms with E-state index in [0.717, 1.165) is 10.8 Å². The van der Waals surface area contributed by atoms with Gasteiger partial charge in [-0.25, -0.2) is 0 Å². The molecule has 280 valence electrons. The summed E-state index contributed by atoms with van der Waals surface area (Å²) in [6, 6.07) is 90.6. The third-order valence-corrected chi connectivity index (χ3v) is 19.1. The zero-order valence-electron chi connectivity index (χ0n) is 29.5. The first kappa shape index (κ1) is 46.0. The minimum absolute atomic E-state index is 0. The summed E-state index contributed by atoms with van der Waals surface area (Å²) in [5.41, 5.74) is 0. The Morgan fingerprint density at radius 2 is 0.426 bits per heavy atom. The number of hydrogen-bond donors (Lipinski definition) is 0. The molecule has 0 aliphatic rings. The van der Waals surface area contributed by atoms with Crippen molar-refractivity contribution in [3.63, 3.8) is 0 Å². The summed E-state index contributed by atoms with van der Waals surface area (Å²) in [6.07, 6.45) is 0. The molecule has 8 aromatic carbocycles. The Hall–Kier alpha value is -2.34. The molecule has 0 unspecified atom stereocenters. The maximum atomic E-state index is 2.89. The average Bonchev–Trinajstić information content (AvgIpc) is 3.26. The van der Waals surface area contributed by atoms with Gasteiger partial charge in [0.2, 0.25) is 0 Å². The summed E-state index contributed by atoms with van der Waals surface area (Å²) < 4.78 is 9.00. The third kappa shape index (κ3) is 17.6. The SMILES string of the molecule is [IH+][Pd][IH+].[Pd].[c-]1ccccc1.[c-]1ccccc1.c1ccc([AsH](c2ccccc2)c2ccccc2)cc1.c1ccc([AsH](c2ccccc2)c2ccccc2)cc1. The Morgan fingerprint density at radius 1 is 0.278 bits per heavy atom. The predicted molar refractivity (Wildman–Crippen MR) is 224 cm³/mol. The Balaban J connectivity index is 0.000000208. The van der Waals surface area contributed by atoms with E-state index in [-0.39, 0.29) is 20.4 Å². The molecule has 0 aliphatic heterocycles. The van der Waals surface area contributed by atoms with Crippen LogP contribution in [0, 0.1) is 12.1 Å². The van der Waals surface area contributed by atoms with Gasteiger partial charge in [-0.1, -0.05) is 0 Å². The van der Waals surface area contributed by atoms with Crippen molar-refractivity contribution in [2.24, 2.45) is 0 Å². The van der Waals surface area contributed by atoms with Crippen molar-refractivity contribution in [3.05, 3.63) is 255 Å². The van der Waals surface area contributed by atoms with E-state index >= 15 is 0 Å². The molecular weight excluding hydrogens is 1190 g/mol. The van der Waals surface area contributed by atoms with Crippen LogP contribution in [0.2, 0.25) is 0 Å². The minimum atomic E-state index is -1.63. The molecule has 0 aromatic heterocycles. The Labute approximate surface area is 375 Å². The van der Waals surface area contributed by atoms with Gasteiger partial charge in [0.1, 0.15) is 0 Å². The van der Waals surface area contributed by atoms with Gasteiger partial charge in [-0.3, -0.25) is 0 Å². The first-order chi connectivity index (χ1) is 26.3. The first-order valence-electron chi connectivity index (χ1n) is 17.0. The quantitative estimate of drug-likeness (QED) is 0.128. The summed E-state index contributed by atoms with van der Waals surface area (Å²) in [7, 11) is 0.970. The molecule has 0 heterocycles. The molecule has 0 spiro atoms. The van der Waals surface area contributed by atoms with Gasteiger partial charge in [-0.05, 0) is 0 Å². The van der Waals surface area contributed by atoms with Gasteiger partial charge in [0, 0.05) is 20.4 Å². The molecule has 0 saturated heterocycles. The van der Waals surface area contributed by atoms with Gasteiger partial charge < -0.3 is 0 Å². The second kappa shape index (κ2) is 29.9. The van der Waals surface area contributed by atoms with Crippen LogP contribution in [0.3, 0.4) is 0 Å². The first-order valence-corrected chi connectivity index (χ1v) is 33.3. The zero-order chi connectivity index (χ0) is 37.0. The number of halogens is 2. The molecule has 6 heteroatoms. The number of benzene rings is 8. The zero-order valence-corrected chi connectivity index (χ0v) is 41.5. The molecule has 0 fully saturated rings.